The maximum Gasteiger partial charge on any atom is 0.322 e. The Kier molecular flexibility index (Phi) is 22.3. The second-order valence-electron chi connectivity index (χ2n) is 13.1. The summed E-state index contributed by atoms with van der Waals surface area (Å²) in [6.07, 6.45) is 9.86. The molecule has 0 bridgehead atoms. The summed E-state index contributed by atoms with van der Waals surface area (Å²) >= 11 is 5.54. The summed E-state index contributed by atoms with van der Waals surface area (Å²) in [4.78, 5) is 49.6. The number of aromatic amines is 2. The zero-order valence-corrected chi connectivity index (χ0v) is 37.5. The van der Waals surface area contributed by atoms with Gasteiger partial charge in [0.05, 0.1) is 52.8 Å². The number of fused-ring (bicyclic) bond motifs is 3. The molecule has 13 nitrogen and oxygen atoms in total. The number of methoxy groups -OCH3 is 4. The molecule has 0 aliphatic carbocycles. The van der Waals surface area contributed by atoms with Gasteiger partial charge in [0.15, 0.2) is 11.3 Å². The molecule has 0 spiro atoms. The number of alkyl halides is 1. The number of hydrogen-bond acceptors (Lipinski definition) is 11. The number of benzene rings is 3. The quantitative estimate of drug-likeness (QED) is 0.0308. The van der Waals surface area contributed by atoms with Crippen LogP contribution in [-0.2, 0) is 51.0 Å². The van der Waals surface area contributed by atoms with E-state index in [0.29, 0.717) is 12.8 Å². The van der Waals surface area contributed by atoms with Crippen LogP contribution in [0.25, 0.3) is 27.9 Å². The van der Waals surface area contributed by atoms with Gasteiger partial charge in [0.2, 0.25) is 0 Å². The Morgan fingerprint density at radius 2 is 1.21 bits per heavy atom. The zero-order valence-electron chi connectivity index (χ0n) is 33.8. The van der Waals surface area contributed by atoms with Gasteiger partial charge in [0, 0.05) is 44.5 Å². The van der Waals surface area contributed by atoms with Crippen LogP contribution in [-0.4, -0.2) is 84.5 Å². The fraction of sp³-hybridized carbons (Fsp3) is 0.349. The van der Waals surface area contributed by atoms with Gasteiger partial charge in [-0.15, -0.1) is 0 Å². The lowest BCUT2D eigenvalue weighted by molar-refractivity contribution is -0.146. The van der Waals surface area contributed by atoms with E-state index in [2.05, 4.69) is 86.3 Å². The van der Waals surface area contributed by atoms with Crippen molar-refractivity contribution in [3.8, 4) is 0 Å². The topological polar surface area (TPSA) is 195 Å². The Bertz CT molecular complexity index is 1970. The molecule has 4 atom stereocenters. The molecule has 3 heterocycles. The highest BCUT2D eigenvalue weighted by Crippen LogP contribution is 2.25. The number of anilines is 1. The highest BCUT2D eigenvalue weighted by atomic mass is 127. The van der Waals surface area contributed by atoms with Gasteiger partial charge in [-0.2, -0.15) is 5.32 Å². The lowest BCUT2D eigenvalue weighted by Crippen LogP contribution is -2.33. The van der Waals surface area contributed by atoms with Crippen LogP contribution in [0.4, 0.5) is 5.69 Å². The number of hydrogen-bond donors (Lipinski definition) is 5. The van der Waals surface area contributed by atoms with Crippen molar-refractivity contribution in [2.75, 3.05) is 44.8 Å². The summed E-state index contributed by atoms with van der Waals surface area (Å²) in [7, 11) is 5.48. The van der Waals surface area contributed by atoms with E-state index in [0.717, 1.165) is 42.1 Å². The predicted molar refractivity (Wildman–Crippen MR) is 239 cm³/mol. The van der Waals surface area contributed by atoms with E-state index in [4.69, 9.17) is 15.6 Å². The second-order valence-corrected chi connectivity index (χ2v) is 14.9. The molecule has 2 aromatic heterocycles. The number of H-pyrrole nitrogens is 2. The number of esters is 4. The molecule has 5 aromatic rings. The molecule has 6 N–H and O–H groups in total. The van der Waals surface area contributed by atoms with E-state index >= 15 is 0 Å². The van der Waals surface area contributed by atoms with Gasteiger partial charge in [-0.25, -0.2) is 0 Å². The van der Waals surface area contributed by atoms with Crippen LogP contribution in [0.2, 0.25) is 0 Å². The number of ether oxygens (including phenoxy) is 4. The van der Waals surface area contributed by atoms with Gasteiger partial charge in [-0.05, 0) is 100 Å². The number of nitrogens with one attached hydrogen (secondary N) is 3. The first-order valence-corrected chi connectivity index (χ1v) is 20.5. The molecule has 0 amide bonds. The van der Waals surface area contributed by atoms with Crippen LogP contribution in [0.3, 0.4) is 0 Å². The van der Waals surface area contributed by atoms with Gasteiger partial charge >= 0.3 is 23.9 Å². The van der Waals surface area contributed by atoms with E-state index in [1.807, 2.05) is 86.9 Å². The van der Waals surface area contributed by atoms with Crippen molar-refractivity contribution in [2.24, 2.45) is 23.5 Å². The van der Waals surface area contributed by atoms with Gasteiger partial charge < -0.3 is 39.8 Å². The van der Waals surface area contributed by atoms with Crippen LogP contribution in [0, 0.1) is 24.0 Å². The largest absolute Gasteiger partial charge is 0.469 e. The molecule has 3 aromatic carbocycles. The van der Waals surface area contributed by atoms with Crippen molar-refractivity contribution in [3.63, 3.8) is 0 Å². The number of aliphatic hydroxyl groups is 1. The predicted octanol–water partition coefficient (Wildman–Crippen LogP) is 7.40. The van der Waals surface area contributed by atoms with Crippen molar-refractivity contribution < 1.29 is 43.2 Å². The third-order valence-electron chi connectivity index (χ3n) is 8.50. The Labute approximate surface area is 361 Å². The third kappa shape index (κ3) is 16.6. The van der Waals surface area contributed by atoms with Crippen molar-refractivity contribution >= 4 is 96.0 Å². The maximum atomic E-state index is 11.3. The number of carbonyl (C=O) groups excluding carboxylic acids is 4. The molecule has 58 heavy (non-hydrogen) atoms. The molecule has 1 aliphatic heterocycles. The lowest BCUT2D eigenvalue weighted by Gasteiger charge is -2.08. The summed E-state index contributed by atoms with van der Waals surface area (Å²) in [5.74, 6) is -1.47. The molecule has 6 rings (SSSR count). The van der Waals surface area contributed by atoms with Gasteiger partial charge in [-0.1, -0.05) is 48.6 Å². The van der Waals surface area contributed by atoms with Crippen LogP contribution < -0.4 is 11.1 Å². The van der Waals surface area contributed by atoms with E-state index < -0.39 is 6.04 Å². The molecule has 1 aliphatic rings. The first-order chi connectivity index (χ1) is 27.7. The molecule has 0 saturated carbocycles. The molecular weight excluding hydrogens is 923 g/mol. The van der Waals surface area contributed by atoms with Gasteiger partial charge in [-0.3, -0.25) is 19.2 Å². The van der Waals surface area contributed by atoms with Crippen molar-refractivity contribution in [1.29, 1.82) is 0 Å². The zero-order chi connectivity index (χ0) is 43.2. The monoisotopic (exact) mass is 975 g/mol. The molecule has 312 valence electrons. The molecule has 0 unspecified atom stereocenters. The van der Waals surface area contributed by atoms with Crippen molar-refractivity contribution in [1.82, 2.24) is 9.97 Å². The number of rotatable bonds is 10. The Morgan fingerprint density at radius 3 is 1.67 bits per heavy atom. The molecule has 0 fully saturated rings. The minimum absolute atomic E-state index is 0.0422. The summed E-state index contributed by atoms with van der Waals surface area (Å²) in [6, 6.07) is 21.7. The smallest absolute Gasteiger partial charge is 0.322 e. The number of aliphatic hydroxyl groups excluding tert-OH is 1. The van der Waals surface area contributed by atoms with Crippen LogP contribution in [0.5, 0.6) is 0 Å². The van der Waals surface area contributed by atoms with Crippen molar-refractivity contribution in [3.05, 3.63) is 106 Å². The third-order valence-corrected chi connectivity index (χ3v) is 10.3. The Hall–Kier alpha value is -4.80. The second kappa shape index (κ2) is 26.3. The normalized spacial score (nSPS) is 12.6. The maximum absolute atomic E-state index is 11.3. The number of carbonyl (C=O) groups is 4. The highest BCUT2D eigenvalue weighted by molar-refractivity contribution is 14.1. The van der Waals surface area contributed by atoms with Gasteiger partial charge in [0.1, 0.15) is 18.3 Å². The van der Waals surface area contributed by atoms with Gasteiger partial charge in [0.25, 0.3) is 0 Å². The summed E-state index contributed by atoms with van der Waals surface area (Å²) in [6.45, 7) is 5.18. The Morgan fingerprint density at radius 1 is 0.707 bits per heavy atom. The highest BCUT2D eigenvalue weighted by Gasteiger charge is 2.16. The molecule has 0 radical (unpaired) electrons. The fourth-order valence-corrected chi connectivity index (χ4v) is 5.82. The summed E-state index contributed by atoms with van der Waals surface area (Å²) < 4.78 is 20.0. The lowest BCUT2D eigenvalue weighted by atomic mass is 10.0. The summed E-state index contributed by atoms with van der Waals surface area (Å²) in [5.41, 5.74) is 12.4. The first-order valence-electron chi connectivity index (χ1n) is 18.2. The van der Waals surface area contributed by atoms with Crippen LogP contribution in [0.15, 0.2) is 83.6 Å². The molecule has 15 heteroatoms. The van der Waals surface area contributed by atoms with Crippen LogP contribution >= 0.6 is 38.5 Å². The minimum Gasteiger partial charge on any atom is -0.469 e. The minimum atomic E-state index is -0.596. The standard InChI is InChI=1S/C13H15NO2.C12H14N2O2.C8H5BrN.C5H9IO2.C5H10O3/c1-9(13(15)16-2)7-10-3-4-12-11(8-10)5-6-14-12;1-16-12(15)10(13)7-8-2-3-11-9(6-8)4-5-14-11;9-7-1-2-8-6(5-7)3-4-10-8;2*1-4(3-6)5(7)8-2/h3-6,8-9,14H,7H2,1-2H3;2-6,10,14H,7,13H2,1H3;1-3,5,10H;4H,3H2,1-2H3;4,6H,3H2,1-2H3/q;;+1;;/t9-;10-;;2*4-/m00.00/s1. The van der Waals surface area contributed by atoms with Crippen LogP contribution in [0.1, 0.15) is 37.5 Å². The molecule has 0 saturated heterocycles. The summed E-state index contributed by atoms with van der Waals surface area (Å²) in [5, 5.41) is 13.6. The average molecular weight is 977 g/mol. The number of halogens is 2. The SMILES string of the molecule is Brc1ccc2c(c1)C=[C+]N2.COC(=O)[C@@H](C)CI.COC(=O)[C@@H](C)CO.COC(=O)[C@@H](C)Cc1ccc2[nH]ccc2c1.COC(=O)[C@@H](N)Cc1ccc2[nH]ccc2c1. The van der Waals surface area contributed by atoms with Crippen molar-refractivity contribution in [2.45, 2.75) is 39.7 Å². The van der Waals surface area contributed by atoms with E-state index in [1.54, 1.807) is 6.92 Å². The fourth-order valence-electron chi connectivity index (χ4n) is 5.08. The average Bonchev–Trinajstić information content (AvgIpc) is 4.04. The number of nitrogens with two attached hydrogens (primary N) is 1. The molecular formula is C43H53BrIN4O9+. The van der Waals surface area contributed by atoms with E-state index in [9.17, 15) is 19.2 Å². The van der Waals surface area contributed by atoms with E-state index in [1.165, 1.54) is 39.4 Å². The van der Waals surface area contributed by atoms with E-state index in [-0.39, 0.29) is 48.2 Å². The first kappa shape index (κ1) is 49.3. The Balaban J connectivity index is 0.000000259. The number of aromatic nitrogens is 2.